The Morgan fingerprint density at radius 1 is 1.19 bits per heavy atom. The van der Waals surface area contributed by atoms with Gasteiger partial charge in [-0.3, -0.25) is 14.7 Å². The van der Waals surface area contributed by atoms with Crippen LogP contribution in [0.4, 0.5) is 5.69 Å². The molecule has 2 heterocycles. The van der Waals surface area contributed by atoms with Gasteiger partial charge in [-0.1, -0.05) is 48.3 Å². The first-order valence-corrected chi connectivity index (χ1v) is 11.2. The Morgan fingerprint density at radius 3 is 2.62 bits per heavy atom. The van der Waals surface area contributed by atoms with Gasteiger partial charge >= 0.3 is 5.97 Å². The number of para-hydroxylation sites is 1. The van der Waals surface area contributed by atoms with Crippen molar-refractivity contribution in [2.24, 2.45) is 0 Å². The number of carbonyl (C=O) groups is 2. The SMILES string of the molecule is CCN1CCc2nc3ccccc3c(C(=O)OC(C)C(=O)Nc3cc(Cl)cc(Cl)c3)c2C1. The molecule has 0 saturated carbocycles. The lowest BCUT2D eigenvalue weighted by Gasteiger charge is -2.29. The lowest BCUT2D eigenvalue weighted by molar-refractivity contribution is -0.123. The van der Waals surface area contributed by atoms with Gasteiger partial charge in [-0.2, -0.15) is 0 Å². The Kier molecular flexibility index (Phi) is 6.65. The highest BCUT2D eigenvalue weighted by atomic mass is 35.5. The molecule has 1 N–H and O–H groups in total. The number of nitrogens with one attached hydrogen (secondary N) is 1. The number of carbonyl (C=O) groups excluding carboxylic acids is 2. The first-order chi connectivity index (χ1) is 15.4. The smallest absolute Gasteiger partial charge is 0.339 e. The number of benzene rings is 2. The van der Waals surface area contributed by atoms with Crippen molar-refractivity contribution in [3.05, 3.63) is 69.3 Å². The Hall–Kier alpha value is -2.67. The maximum Gasteiger partial charge on any atom is 0.339 e. The molecule has 0 spiro atoms. The predicted octanol–water partition coefficient (Wildman–Crippen LogP) is 5.10. The molecule has 8 heteroatoms. The number of anilines is 1. The average molecular weight is 472 g/mol. The van der Waals surface area contributed by atoms with Gasteiger partial charge in [-0.05, 0) is 37.7 Å². The van der Waals surface area contributed by atoms with Crippen molar-refractivity contribution in [3.8, 4) is 0 Å². The first-order valence-electron chi connectivity index (χ1n) is 10.5. The van der Waals surface area contributed by atoms with Crippen molar-refractivity contribution in [2.75, 3.05) is 18.4 Å². The number of esters is 1. The zero-order valence-corrected chi connectivity index (χ0v) is 19.3. The molecule has 1 aliphatic rings. The van der Waals surface area contributed by atoms with Crippen LogP contribution in [0.3, 0.4) is 0 Å². The summed E-state index contributed by atoms with van der Waals surface area (Å²) in [6, 6.07) is 12.2. The molecule has 0 fully saturated rings. The van der Waals surface area contributed by atoms with Crippen molar-refractivity contribution >= 4 is 51.7 Å². The fourth-order valence-electron chi connectivity index (χ4n) is 3.89. The van der Waals surface area contributed by atoms with E-state index >= 15 is 0 Å². The molecule has 1 amide bonds. The van der Waals surface area contributed by atoms with Crippen molar-refractivity contribution in [3.63, 3.8) is 0 Å². The summed E-state index contributed by atoms with van der Waals surface area (Å²) in [5.74, 6) is -1.01. The molecular weight excluding hydrogens is 449 g/mol. The van der Waals surface area contributed by atoms with Crippen molar-refractivity contribution in [1.29, 1.82) is 0 Å². The highest BCUT2D eigenvalue weighted by Gasteiger charge is 2.28. The molecule has 0 bridgehead atoms. The standard InChI is InChI=1S/C24H23Cl2N3O3/c1-3-29-9-8-21-19(13-29)22(18-6-4-5-7-20(18)28-21)24(31)32-14(2)23(30)27-17-11-15(25)10-16(26)12-17/h4-7,10-12,14H,3,8-9,13H2,1-2H3,(H,27,30). The van der Waals surface area contributed by atoms with Crippen molar-refractivity contribution in [2.45, 2.75) is 32.9 Å². The monoisotopic (exact) mass is 471 g/mol. The van der Waals surface area contributed by atoms with Gasteiger partial charge in [0.05, 0.1) is 11.1 Å². The number of aromatic nitrogens is 1. The van der Waals surface area contributed by atoms with Crippen LogP contribution >= 0.6 is 23.2 Å². The molecule has 1 aliphatic heterocycles. The number of halogens is 2. The number of amides is 1. The zero-order valence-electron chi connectivity index (χ0n) is 17.8. The number of hydrogen-bond acceptors (Lipinski definition) is 5. The summed E-state index contributed by atoms with van der Waals surface area (Å²) < 4.78 is 5.61. The fourth-order valence-corrected chi connectivity index (χ4v) is 4.42. The first kappa shape index (κ1) is 22.5. The fraction of sp³-hybridized carbons (Fsp3) is 0.292. The highest BCUT2D eigenvalue weighted by molar-refractivity contribution is 6.35. The number of ether oxygens (including phenoxy) is 1. The molecular formula is C24H23Cl2N3O3. The minimum atomic E-state index is -1.02. The van der Waals surface area contributed by atoms with E-state index in [0.29, 0.717) is 27.8 Å². The summed E-state index contributed by atoms with van der Waals surface area (Å²) in [5, 5.41) is 4.21. The molecule has 4 rings (SSSR count). The summed E-state index contributed by atoms with van der Waals surface area (Å²) in [5.41, 5.74) is 3.44. The topological polar surface area (TPSA) is 71.5 Å². The molecule has 1 unspecified atom stereocenters. The summed E-state index contributed by atoms with van der Waals surface area (Å²) in [6.45, 7) is 6.02. The summed E-state index contributed by atoms with van der Waals surface area (Å²) >= 11 is 12.0. The Bertz CT molecular complexity index is 1180. The molecule has 1 atom stereocenters. The minimum Gasteiger partial charge on any atom is -0.449 e. The van der Waals surface area contributed by atoms with Crippen LogP contribution in [0.25, 0.3) is 10.9 Å². The largest absolute Gasteiger partial charge is 0.449 e. The summed E-state index contributed by atoms with van der Waals surface area (Å²) in [4.78, 5) is 33.0. The maximum absolute atomic E-state index is 13.3. The lowest BCUT2D eigenvalue weighted by Crippen LogP contribution is -2.34. The Balaban J connectivity index is 1.61. The second-order valence-electron chi connectivity index (χ2n) is 7.74. The van der Waals surface area contributed by atoms with E-state index in [4.69, 9.17) is 32.9 Å². The molecule has 1 aromatic heterocycles. The third-order valence-electron chi connectivity index (χ3n) is 5.56. The second-order valence-corrected chi connectivity index (χ2v) is 8.62. The van der Waals surface area contributed by atoms with Crippen LogP contribution in [0.1, 0.15) is 35.5 Å². The van der Waals surface area contributed by atoms with E-state index in [1.54, 1.807) is 18.2 Å². The van der Waals surface area contributed by atoms with Gasteiger partial charge in [0.2, 0.25) is 0 Å². The van der Waals surface area contributed by atoms with Crippen LogP contribution in [0.2, 0.25) is 10.0 Å². The van der Waals surface area contributed by atoms with Gasteiger partial charge in [0.25, 0.3) is 5.91 Å². The molecule has 0 saturated heterocycles. The van der Waals surface area contributed by atoms with Crippen LogP contribution < -0.4 is 5.32 Å². The number of fused-ring (bicyclic) bond motifs is 2. The van der Waals surface area contributed by atoms with E-state index in [1.165, 1.54) is 6.92 Å². The average Bonchev–Trinajstić information content (AvgIpc) is 2.76. The minimum absolute atomic E-state index is 0.396. The molecule has 2 aromatic carbocycles. The van der Waals surface area contributed by atoms with Crippen molar-refractivity contribution < 1.29 is 14.3 Å². The number of hydrogen-bond donors (Lipinski definition) is 1. The third-order valence-corrected chi connectivity index (χ3v) is 6.00. The van der Waals surface area contributed by atoms with Gasteiger partial charge in [0, 0.05) is 51.9 Å². The Labute approximate surface area is 196 Å². The zero-order chi connectivity index (χ0) is 22.8. The number of pyridine rings is 1. The normalized spacial score (nSPS) is 14.6. The van der Waals surface area contributed by atoms with E-state index in [0.717, 1.165) is 41.7 Å². The number of likely N-dealkylation sites (N-methyl/N-ethyl adjacent to an activating group) is 1. The van der Waals surface area contributed by atoms with Crippen LogP contribution in [0.5, 0.6) is 0 Å². The summed E-state index contributed by atoms with van der Waals surface area (Å²) in [6.07, 6.45) is -0.256. The molecule has 6 nitrogen and oxygen atoms in total. The van der Waals surface area contributed by atoms with E-state index < -0.39 is 18.0 Å². The van der Waals surface area contributed by atoms with E-state index in [9.17, 15) is 9.59 Å². The van der Waals surface area contributed by atoms with E-state index in [1.807, 2.05) is 24.3 Å². The lowest BCUT2D eigenvalue weighted by atomic mass is 9.95. The highest BCUT2D eigenvalue weighted by Crippen LogP contribution is 2.29. The Morgan fingerprint density at radius 2 is 1.91 bits per heavy atom. The van der Waals surface area contributed by atoms with Gasteiger partial charge in [-0.25, -0.2) is 4.79 Å². The molecule has 3 aromatic rings. The molecule has 166 valence electrons. The molecule has 0 radical (unpaired) electrons. The van der Waals surface area contributed by atoms with Gasteiger partial charge in [0.1, 0.15) is 0 Å². The second kappa shape index (κ2) is 9.45. The number of rotatable bonds is 5. The quantitative estimate of drug-likeness (QED) is 0.523. The molecule has 32 heavy (non-hydrogen) atoms. The van der Waals surface area contributed by atoms with Crippen molar-refractivity contribution in [1.82, 2.24) is 9.88 Å². The van der Waals surface area contributed by atoms with Gasteiger partial charge < -0.3 is 10.1 Å². The third kappa shape index (κ3) is 4.72. The van der Waals surface area contributed by atoms with Gasteiger partial charge in [0.15, 0.2) is 6.10 Å². The van der Waals surface area contributed by atoms with Crippen LogP contribution in [0, 0.1) is 0 Å². The maximum atomic E-state index is 13.3. The van der Waals surface area contributed by atoms with Gasteiger partial charge in [-0.15, -0.1) is 0 Å². The van der Waals surface area contributed by atoms with E-state index in [-0.39, 0.29) is 0 Å². The van der Waals surface area contributed by atoms with Crippen LogP contribution in [-0.4, -0.2) is 41.0 Å². The number of nitrogens with zero attached hydrogens (tertiary/aromatic N) is 2. The predicted molar refractivity (Wildman–Crippen MR) is 126 cm³/mol. The van der Waals surface area contributed by atoms with E-state index in [2.05, 4.69) is 17.1 Å². The summed E-state index contributed by atoms with van der Waals surface area (Å²) in [7, 11) is 0. The van der Waals surface area contributed by atoms with Crippen LogP contribution in [-0.2, 0) is 22.5 Å². The molecule has 0 aliphatic carbocycles. The van der Waals surface area contributed by atoms with Crippen LogP contribution in [0.15, 0.2) is 42.5 Å².